The first-order valence-corrected chi connectivity index (χ1v) is 6.63. The fourth-order valence-electron chi connectivity index (χ4n) is 1.56. The van der Waals surface area contributed by atoms with Gasteiger partial charge in [-0.25, -0.2) is 9.97 Å². The van der Waals surface area contributed by atoms with Crippen LogP contribution < -0.4 is 5.32 Å². The summed E-state index contributed by atoms with van der Waals surface area (Å²) in [5.41, 5.74) is 0.425. The van der Waals surface area contributed by atoms with Gasteiger partial charge in [0.25, 0.3) is 0 Å². The Labute approximate surface area is 108 Å². The first kappa shape index (κ1) is 11.4. The Hall–Kier alpha value is -0.100. The highest BCUT2D eigenvalue weighted by molar-refractivity contribution is 14.1. The second-order valence-corrected chi connectivity index (χ2v) is 5.64. The third kappa shape index (κ3) is 3.17. The van der Waals surface area contributed by atoms with Crippen LogP contribution in [-0.4, -0.2) is 22.4 Å². The topological polar surface area (TPSA) is 37.8 Å². The molecule has 1 aromatic rings. The number of anilines is 1. The van der Waals surface area contributed by atoms with E-state index in [-0.39, 0.29) is 0 Å². The van der Waals surface area contributed by atoms with E-state index in [9.17, 15) is 0 Å². The van der Waals surface area contributed by atoms with E-state index in [0.29, 0.717) is 5.41 Å². The van der Waals surface area contributed by atoms with Gasteiger partial charge in [0, 0.05) is 28.4 Å². The zero-order chi connectivity index (χ0) is 10.7. The Morgan fingerprint density at radius 2 is 2.07 bits per heavy atom. The van der Waals surface area contributed by atoms with Crippen molar-refractivity contribution in [1.82, 2.24) is 9.97 Å². The molecule has 15 heavy (non-hydrogen) atoms. The number of hydrogen-bond donors (Lipinski definition) is 1. The minimum atomic E-state index is 0.425. The van der Waals surface area contributed by atoms with Crippen molar-refractivity contribution in [2.24, 2.45) is 5.41 Å². The van der Waals surface area contributed by atoms with Crippen molar-refractivity contribution in [3.63, 3.8) is 0 Å². The van der Waals surface area contributed by atoms with Crippen LogP contribution in [0.2, 0.25) is 0 Å². The molecule has 0 bridgehead atoms. The lowest BCUT2D eigenvalue weighted by molar-refractivity contribution is 0.523. The van der Waals surface area contributed by atoms with Gasteiger partial charge in [0.1, 0.15) is 0 Å². The van der Waals surface area contributed by atoms with Crippen LogP contribution >= 0.6 is 34.2 Å². The molecule has 1 N–H and O–H groups in total. The minimum Gasteiger partial charge on any atom is -0.354 e. The zero-order valence-corrected chi connectivity index (χ0v) is 11.3. The third-order valence-electron chi connectivity index (χ3n) is 2.82. The van der Waals surface area contributed by atoms with Crippen LogP contribution in [0.1, 0.15) is 19.3 Å². The highest BCUT2D eigenvalue weighted by atomic mass is 127. The molecule has 5 heteroatoms. The number of alkyl halides is 1. The van der Waals surface area contributed by atoms with Crippen LogP contribution in [0.25, 0.3) is 0 Å². The third-order valence-corrected chi connectivity index (χ3v) is 3.57. The number of nitrogens with one attached hydrogen (secondary N) is 1. The molecule has 1 saturated carbocycles. The number of aromatic nitrogens is 2. The highest BCUT2D eigenvalue weighted by Crippen LogP contribution is 2.48. The molecule has 2 rings (SSSR count). The van der Waals surface area contributed by atoms with Gasteiger partial charge in [-0.05, 0) is 47.3 Å². The predicted molar refractivity (Wildman–Crippen MR) is 70.2 cm³/mol. The van der Waals surface area contributed by atoms with Crippen LogP contribution in [0.15, 0.2) is 12.4 Å². The Kier molecular flexibility index (Phi) is 3.66. The molecular formula is C10H13ClIN3. The fraction of sp³-hybridized carbons (Fsp3) is 0.600. The quantitative estimate of drug-likeness (QED) is 0.663. The van der Waals surface area contributed by atoms with E-state index in [4.69, 9.17) is 11.6 Å². The molecule has 1 aromatic heterocycles. The average Bonchev–Trinajstić information content (AvgIpc) is 2.99. The maximum atomic E-state index is 5.77. The van der Waals surface area contributed by atoms with Crippen molar-refractivity contribution < 1.29 is 0 Å². The second kappa shape index (κ2) is 4.82. The van der Waals surface area contributed by atoms with E-state index in [1.54, 1.807) is 0 Å². The van der Waals surface area contributed by atoms with E-state index >= 15 is 0 Å². The summed E-state index contributed by atoms with van der Waals surface area (Å²) in [4.78, 5) is 8.41. The normalized spacial score (nSPS) is 17.5. The summed E-state index contributed by atoms with van der Waals surface area (Å²) in [5, 5.41) is 3.28. The molecule has 1 aliphatic carbocycles. The van der Waals surface area contributed by atoms with Crippen molar-refractivity contribution >= 4 is 40.1 Å². The molecule has 0 radical (unpaired) electrons. The van der Waals surface area contributed by atoms with Crippen molar-refractivity contribution in [2.75, 3.05) is 17.7 Å². The van der Waals surface area contributed by atoms with E-state index < -0.39 is 0 Å². The van der Waals surface area contributed by atoms with Crippen molar-refractivity contribution in [3.05, 3.63) is 16.0 Å². The van der Waals surface area contributed by atoms with Gasteiger partial charge in [0.2, 0.25) is 5.95 Å². The number of rotatable bonds is 5. The number of halogens is 2. The van der Waals surface area contributed by atoms with Gasteiger partial charge in [-0.15, -0.1) is 11.6 Å². The lowest BCUT2D eigenvalue weighted by Gasteiger charge is -2.13. The Morgan fingerprint density at radius 3 is 2.60 bits per heavy atom. The molecule has 82 valence electrons. The molecule has 3 nitrogen and oxygen atoms in total. The van der Waals surface area contributed by atoms with E-state index in [2.05, 4.69) is 37.9 Å². The van der Waals surface area contributed by atoms with Crippen LogP contribution in [0, 0.1) is 8.99 Å². The molecule has 1 aliphatic rings. The van der Waals surface area contributed by atoms with Crippen LogP contribution in [0.3, 0.4) is 0 Å². The molecular weight excluding hydrogens is 324 g/mol. The lowest BCUT2D eigenvalue weighted by Crippen LogP contribution is -2.17. The molecule has 1 heterocycles. The monoisotopic (exact) mass is 337 g/mol. The van der Waals surface area contributed by atoms with Gasteiger partial charge in [0.05, 0.1) is 0 Å². The van der Waals surface area contributed by atoms with Crippen LogP contribution in [0.5, 0.6) is 0 Å². The highest BCUT2D eigenvalue weighted by Gasteiger charge is 2.41. The molecule has 0 aromatic carbocycles. The maximum Gasteiger partial charge on any atom is 0.222 e. The Morgan fingerprint density at radius 1 is 1.40 bits per heavy atom. The van der Waals surface area contributed by atoms with Crippen molar-refractivity contribution in [1.29, 1.82) is 0 Å². The first-order chi connectivity index (χ1) is 7.24. The smallest absolute Gasteiger partial charge is 0.222 e. The van der Waals surface area contributed by atoms with Crippen molar-refractivity contribution in [2.45, 2.75) is 19.3 Å². The van der Waals surface area contributed by atoms with Crippen molar-refractivity contribution in [3.8, 4) is 0 Å². The zero-order valence-electron chi connectivity index (χ0n) is 8.34. The molecule has 0 amide bonds. The fourth-order valence-corrected chi connectivity index (χ4v) is 2.24. The SMILES string of the molecule is ClCCC1(CNc2ncc(I)cn2)CC1. The largest absolute Gasteiger partial charge is 0.354 e. The lowest BCUT2D eigenvalue weighted by atomic mass is 10.0. The average molecular weight is 338 g/mol. The summed E-state index contributed by atoms with van der Waals surface area (Å²) in [6.45, 7) is 0.945. The Balaban J connectivity index is 1.85. The minimum absolute atomic E-state index is 0.425. The number of nitrogens with zero attached hydrogens (tertiary/aromatic N) is 2. The van der Waals surface area contributed by atoms with Gasteiger partial charge in [0.15, 0.2) is 0 Å². The molecule has 0 spiro atoms. The summed E-state index contributed by atoms with van der Waals surface area (Å²) in [7, 11) is 0. The van der Waals surface area contributed by atoms with Gasteiger partial charge in [-0.1, -0.05) is 0 Å². The molecule has 0 atom stereocenters. The summed E-state index contributed by atoms with van der Waals surface area (Å²) in [6, 6.07) is 0. The van der Waals surface area contributed by atoms with Gasteiger partial charge in [-0.3, -0.25) is 0 Å². The predicted octanol–water partition coefficient (Wildman–Crippen LogP) is 2.90. The molecule has 0 unspecified atom stereocenters. The molecule has 0 aliphatic heterocycles. The molecule has 1 fully saturated rings. The summed E-state index contributed by atoms with van der Waals surface area (Å²) < 4.78 is 1.06. The first-order valence-electron chi connectivity index (χ1n) is 5.01. The van der Waals surface area contributed by atoms with E-state index in [0.717, 1.165) is 28.4 Å². The Bertz CT molecular complexity index is 324. The summed E-state index contributed by atoms with van der Waals surface area (Å²) in [6.07, 6.45) is 7.27. The standard InChI is InChI=1S/C10H13ClIN3/c11-4-3-10(1-2-10)7-15-9-13-5-8(12)6-14-9/h5-6H,1-4,7H2,(H,13,14,15). The number of hydrogen-bond acceptors (Lipinski definition) is 3. The van der Waals surface area contributed by atoms with Crippen LogP contribution in [-0.2, 0) is 0 Å². The van der Waals surface area contributed by atoms with Gasteiger partial charge < -0.3 is 5.32 Å². The maximum absolute atomic E-state index is 5.77. The second-order valence-electron chi connectivity index (χ2n) is 4.02. The molecule has 0 saturated heterocycles. The summed E-state index contributed by atoms with van der Waals surface area (Å²) in [5.74, 6) is 1.46. The summed E-state index contributed by atoms with van der Waals surface area (Å²) >= 11 is 7.97. The van der Waals surface area contributed by atoms with Gasteiger partial charge in [-0.2, -0.15) is 0 Å². The van der Waals surface area contributed by atoms with Crippen LogP contribution in [0.4, 0.5) is 5.95 Å². The van der Waals surface area contributed by atoms with Gasteiger partial charge >= 0.3 is 0 Å². The van der Waals surface area contributed by atoms with E-state index in [1.165, 1.54) is 12.8 Å². The van der Waals surface area contributed by atoms with E-state index in [1.807, 2.05) is 12.4 Å².